The molecule has 96 valence electrons. The molecule has 5 heteroatoms. The largest absolute Gasteiger partial charge is 0.347 e. The zero-order valence-corrected chi connectivity index (χ0v) is 11.1. The Hall–Kier alpha value is -2.04. The van der Waals surface area contributed by atoms with E-state index in [1.165, 1.54) is 5.56 Å². The normalized spacial score (nSPS) is 10.4. The Labute approximate surface area is 107 Å². The molecule has 2 aromatic rings. The molecule has 0 aliphatic carbocycles. The van der Waals surface area contributed by atoms with Crippen LogP contribution in [0, 0.1) is 0 Å². The van der Waals surface area contributed by atoms with Crippen molar-refractivity contribution in [2.24, 2.45) is 0 Å². The summed E-state index contributed by atoms with van der Waals surface area (Å²) in [6.45, 7) is 0.909. The molecule has 0 unspecified atom stereocenters. The minimum atomic E-state index is 0.775. The number of H-pyrrole nitrogens is 1. The smallest absolute Gasteiger partial charge is 0.225 e. The maximum absolute atomic E-state index is 4.13. The quantitative estimate of drug-likeness (QED) is 0.868. The third kappa shape index (κ3) is 3.00. The van der Waals surface area contributed by atoms with Crippen molar-refractivity contribution in [2.75, 3.05) is 37.5 Å². The lowest BCUT2D eigenvalue weighted by Crippen LogP contribution is -2.21. The third-order valence-electron chi connectivity index (χ3n) is 2.83. The fourth-order valence-corrected chi connectivity index (χ4v) is 1.67. The average molecular weight is 245 g/mol. The number of hydrogen-bond acceptors (Lipinski definition) is 4. The average Bonchev–Trinajstić information content (AvgIpc) is 2.87. The monoisotopic (exact) mass is 245 g/mol. The zero-order chi connectivity index (χ0) is 13.0. The maximum atomic E-state index is 4.13. The Morgan fingerprint density at radius 3 is 2.28 bits per heavy atom. The van der Waals surface area contributed by atoms with Crippen molar-refractivity contribution < 1.29 is 0 Å². The highest BCUT2D eigenvalue weighted by molar-refractivity contribution is 5.36. The van der Waals surface area contributed by atoms with E-state index in [1.54, 1.807) is 0 Å². The fraction of sp³-hybridized carbons (Fsp3) is 0.385. The molecule has 0 aliphatic rings. The predicted octanol–water partition coefficient (Wildman–Crippen LogP) is 1.55. The molecule has 0 bridgehead atoms. The lowest BCUT2D eigenvalue weighted by Gasteiger charge is -2.15. The van der Waals surface area contributed by atoms with Crippen LogP contribution in [0.25, 0.3) is 0 Å². The maximum Gasteiger partial charge on any atom is 0.225 e. The second-order valence-electron chi connectivity index (χ2n) is 4.52. The second kappa shape index (κ2) is 5.53. The molecule has 0 saturated carbocycles. The van der Waals surface area contributed by atoms with Gasteiger partial charge in [-0.05, 0) is 12.0 Å². The Morgan fingerprint density at radius 1 is 1.00 bits per heavy atom. The molecule has 1 aromatic carbocycles. The first-order valence-electron chi connectivity index (χ1n) is 6.02. The van der Waals surface area contributed by atoms with Crippen LogP contribution in [0.3, 0.4) is 0 Å². The van der Waals surface area contributed by atoms with E-state index in [1.807, 2.05) is 32.1 Å². The Kier molecular flexibility index (Phi) is 3.82. The molecular formula is C13H19N5. The highest BCUT2D eigenvalue weighted by Crippen LogP contribution is 2.10. The van der Waals surface area contributed by atoms with E-state index in [9.17, 15) is 0 Å². The number of likely N-dealkylation sites (N-methyl/N-ethyl adjacent to an activating group) is 1. The van der Waals surface area contributed by atoms with E-state index in [-0.39, 0.29) is 0 Å². The number of nitrogens with zero attached hydrogens (tertiary/aromatic N) is 4. The SMILES string of the molecule is CN(C)c1nnc(N(C)CCc2ccccc2)[nH]1. The summed E-state index contributed by atoms with van der Waals surface area (Å²) in [7, 11) is 5.89. The van der Waals surface area contributed by atoms with Crippen LogP contribution in [0.15, 0.2) is 30.3 Å². The van der Waals surface area contributed by atoms with Crippen LogP contribution >= 0.6 is 0 Å². The van der Waals surface area contributed by atoms with Crippen molar-refractivity contribution in [3.63, 3.8) is 0 Å². The van der Waals surface area contributed by atoms with Gasteiger partial charge in [0.15, 0.2) is 0 Å². The van der Waals surface area contributed by atoms with Gasteiger partial charge < -0.3 is 9.80 Å². The highest BCUT2D eigenvalue weighted by Gasteiger charge is 2.08. The molecule has 5 nitrogen and oxygen atoms in total. The lowest BCUT2D eigenvalue weighted by atomic mass is 10.1. The van der Waals surface area contributed by atoms with Crippen molar-refractivity contribution in [1.82, 2.24) is 15.2 Å². The molecule has 1 aromatic heterocycles. The topological polar surface area (TPSA) is 48.1 Å². The first-order valence-corrected chi connectivity index (χ1v) is 6.02. The second-order valence-corrected chi connectivity index (χ2v) is 4.52. The molecule has 1 heterocycles. The van der Waals surface area contributed by atoms with E-state index in [2.05, 4.69) is 44.3 Å². The summed E-state index contributed by atoms with van der Waals surface area (Å²) in [4.78, 5) is 7.16. The summed E-state index contributed by atoms with van der Waals surface area (Å²) in [6, 6.07) is 10.4. The van der Waals surface area contributed by atoms with Gasteiger partial charge in [0, 0.05) is 27.7 Å². The van der Waals surface area contributed by atoms with Gasteiger partial charge in [-0.3, -0.25) is 4.98 Å². The summed E-state index contributed by atoms with van der Waals surface area (Å²) in [5.74, 6) is 1.58. The van der Waals surface area contributed by atoms with Gasteiger partial charge in [0.25, 0.3) is 0 Å². The first kappa shape index (κ1) is 12.4. The molecule has 0 saturated heterocycles. The van der Waals surface area contributed by atoms with Crippen LogP contribution in [-0.4, -0.2) is 42.9 Å². The number of rotatable bonds is 5. The number of nitrogens with one attached hydrogen (secondary N) is 1. The fourth-order valence-electron chi connectivity index (χ4n) is 1.67. The Balaban J connectivity index is 1.93. The number of benzene rings is 1. The van der Waals surface area contributed by atoms with E-state index >= 15 is 0 Å². The van der Waals surface area contributed by atoms with Gasteiger partial charge in [0.2, 0.25) is 11.9 Å². The summed E-state index contributed by atoms with van der Waals surface area (Å²) in [5.41, 5.74) is 1.33. The molecule has 0 aliphatic heterocycles. The minimum Gasteiger partial charge on any atom is -0.347 e. The lowest BCUT2D eigenvalue weighted by molar-refractivity contribution is 0.841. The molecule has 0 fully saturated rings. The molecular weight excluding hydrogens is 226 g/mol. The molecule has 0 amide bonds. The predicted molar refractivity (Wildman–Crippen MR) is 74.1 cm³/mol. The summed E-state index contributed by atoms with van der Waals surface area (Å²) >= 11 is 0. The minimum absolute atomic E-state index is 0.775. The Bertz CT molecular complexity index is 477. The van der Waals surface area contributed by atoms with Crippen LogP contribution in [0.5, 0.6) is 0 Å². The van der Waals surface area contributed by atoms with Crippen molar-refractivity contribution in [3.8, 4) is 0 Å². The van der Waals surface area contributed by atoms with Crippen LogP contribution < -0.4 is 9.80 Å². The summed E-state index contributed by atoms with van der Waals surface area (Å²) in [5, 5.41) is 8.20. The van der Waals surface area contributed by atoms with E-state index in [0.29, 0.717) is 0 Å². The van der Waals surface area contributed by atoms with E-state index in [0.717, 1.165) is 24.9 Å². The third-order valence-corrected chi connectivity index (χ3v) is 2.83. The molecule has 0 radical (unpaired) electrons. The van der Waals surface area contributed by atoms with Crippen LogP contribution in [-0.2, 0) is 6.42 Å². The molecule has 0 atom stereocenters. The van der Waals surface area contributed by atoms with E-state index < -0.39 is 0 Å². The number of aromatic nitrogens is 3. The van der Waals surface area contributed by atoms with Gasteiger partial charge in [0.1, 0.15) is 0 Å². The Morgan fingerprint density at radius 2 is 1.67 bits per heavy atom. The summed E-state index contributed by atoms with van der Waals surface area (Å²) in [6.07, 6.45) is 0.995. The van der Waals surface area contributed by atoms with Crippen molar-refractivity contribution in [1.29, 1.82) is 0 Å². The van der Waals surface area contributed by atoms with Gasteiger partial charge in [-0.2, -0.15) is 0 Å². The van der Waals surface area contributed by atoms with E-state index in [4.69, 9.17) is 0 Å². The standard InChI is InChI=1S/C13H19N5/c1-17(2)12-14-13(16-15-12)18(3)10-9-11-7-5-4-6-8-11/h4-8H,9-10H2,1-3H3,(H,14,15,16). The number of aromatic amines is 1. The zero-order valence-electron chi connectivity index (χ0n) is 11.1. The molecule has 0 spiro atoms. The molecule has 1 N–H and O–H groups in total. The van der Waals surface area contributed by atoms with Gasteiger partial charge in [-0.15, -0.1) is 10.2 Å². The van der Waals surface area contributed by atoms with Gasteiger partial charge >= 0.3 is 0 Å². The van der Waals surface area contributed by atoms with Crippen LogP contribution in [0.4, 0.5) is 11.9 Å². The van der Waals surface area contributed by atoms with Crippen molar-refractivity contribution >= 4 is 11.9 Å². The molecule has 2 rings (SSSR count). The van der Waals surface area contributed by atoms with Crippen molar-refractivity contribution in [2.45, 2.75) is 6.42 Å². The first-order chi connectivity index (χ1) is 8.66. The van der Waals surface area contributed by atoms with Crippen LogP contribution in [0.1, 0.15) is 5.56 Å². The van der Waals surface area contributed by atoms with Gasteiger partial charge in [0.05, 0.1) is 0 Å². The number of anilines is 2. The highest BCUT2D eigenvalue weighted by atomic mass is 15.4. The van der Waals surface area contributed by atoms with Crippen molar-refractivity contribution in [3.05, 3.63) is 35.9 Å². The molecule has 18 heavy (non-hydrogen) atoms. The van der Waals surface area contributed by atoms with Crippen LogP contribution in [0.2, 0.25) is 0 Å². The van der Waals surface area contributed by atoms with Gasteiger partial charge in [-0.25, -0.2) is 0 Å². The van der Waals surface area contributed by atoms with Gasteiger partial charge in [-0.1, -0.05) is 30.3 Å². The number of hydrogen-bond donors (Lipinski definition) is 1. The summed E-state index contributed by atoms with van der Waals surface area (Å²) < 4.78 is 0.